The molecule has 0 aromatic heterocycles. The lowest BCUT2D eigenvalue weighted by Crippen LogP contribution is -2.35. The van der Waals surface area contributed by atoms with E-state index in [1.807, 2.05) is 14.0 Å². The zero-order chi connectivity index (χ0) is 16.8. The number of carbonyl (C=O) groups excluding carboxylic acids is 3. The van der Waals surface area contributed by atoms with Crippen molar-refractivity contribution >= 4 is 30.1 Å². The molecule has 2 rings (SSSR count). The van der Waals surface area contributed by atoms with Gasteiger partial charge in [0.15, 0.2) is 0 Å². The molecule has 0 saturated heterocycles. The van der Waals surface area contributed by atoms with E-state index in [-0.39, 0.29) is 36.0 Å². The third-order valence-electron chi connectivity index (χ3n) is 3.94. The second-order valence-electron chi connectivity index (χ2n) is 5.76. The van der Waals surface area contributed by atoms with Gasteiger partial charge in [0, 0.05) is 25.6 Å². The van der Waals surface area contributed by atoms with Crippen LogP contribution in [0.15, 0.2) is 24.3 Å². The minimum Gasteiger partial charge on any atom is -0.356 e. The maximum atomic E-state index is 12.2. The fraction of sp³-hybridized carbons (Fsp3) is 0.471. The van der Waals surface area contributed by atoms with Gasteiger partial charge in [-0.15, -0.1) is 12.4 Å². The second-order valence-corrected chi connectivity index (χ2v) is 5.76. The molecular formula is C17H24ClN3O3. The summed E-state index contributed by atoms with van der Waals surface area (Å²) in [5.41, 5.74) is 0.957. The molecule has 7 heteroatoms. The molecule has 1 unspecified atom stereocenters. The van der Waals surface area contributed by atoms with E-state index >= 15 is 0 Å². The summed E-state index contributed by atoms with van der Waals surface area (Å²) in [5.74, 6) is -0.508. The maximum absolute atomic E-state index is 12.2. The summed E-state index contributed by atoms with van der Waals surface area (Å²) in [6.07, 6.45) is 1.40. The van der Waals surface area contributed by atoms with Gasteiger partial charge in [-0.2, -0.15) is 0 Å². The predicted octanol–water partition coefficient (Wildman–Crippen LogP) is 1.46. The average Bonchev–Trinajstić information content (AvgIpc) is 2.79. The summed E-state index contributed by atoms with van der Waals surface area (Å²) in [7, 11) is 1.81. The quantitative estimate of drug-likeness (QED) is 0.548. The third-order valence-corrected chi connectivity index (χ3v) is 3.94. The molecule has 1 heterocycles. The van der Waals surface area contributed by atoms with Crippen molar-refractivity contribution in [2.45, 2.75) is 19.8 Å². The highest BCUT2D eigenvalue weighted by molar-refractivity contribution is 6.21. The van der Waals surface area contributed by atoms with Crippen molar-refractivity contribution in [3.63, 3.8) is 0 Å². The van der Waals surface area contributed by atoms with Gasteiger partial charge >= 0.3 is 0 Å². The predicted molar refractivity (Wildman–Crippen MR) is 94.4 cm³/mol. The van der Waals surface area contributed by atoms with Crippen LogP contribution in [0.1, 0.15) is 40.5 Å². The van der Waals surface area contributed by atoms with Crippen LogP contribution < -0.4 is 10.6 Å². The van der Waals surface area contributed by atoms with E-state index in [1.54, 1.807) is 24.3 Å². The SMILES string of the molecule is CNCC(C)C(=O)NCCCCN1C(=O)c2ccccc2C1=O.Cl. The standard InChI is InChI=1S/C17H23N3O3.ClH/c1-12(11-18-2)15(21)19-9-5-6-10-20-16(22)13-7-3-4-8-14(13)17(20)23;/h3-4,7-8,12,18H,5-6,9-11H2,1-2H3,(H,19,21);1H. The Balaban J connectivity index is 0.00000288. The highest BCUT2D eigenvalue weighted by Gasteiger charge is 2.34. The van der Waals surface area contributed by atoms with Crippen LogP contribution in [0.4, 0.5) is 0 Å². The van der Waals surface area contributed by atoms with Gasteiger partial charge in [0.2, 0.25) is 5.91 Å². The first-order valence-corrected chi connectivity index (χ1v) is 7.93. The second kappa shape index (κ2) is 9.39. The lowest BCUT2D eigenvalue weighted by atomic mass is 10.1. The van der Waals surface area contributed by atoms with E-state index in [0.717, 1.165) is 6.42 Å². The number of hydrogen-bond donors (Lipinski definition) is 2. The van der Waals surface area contributed by atoms with Gasteiger partial charge in [-0.25, -0.2) is 0 Å². The Morgan fingerprint density at radius 2 is 1.71 bits per heavy atom. The van der Waals surface area contributed by atoms with Gasteiger partial charge in [-0.1, -0.05) is 19.1 Å². The molecule has 2 N–H and O–H groups in total. The Kier molecular flexibility index (Phi) is 7.88. The number of halogens is 1. The Hall–Kier alpha value is -1.92. The van der Waals surface area contributed by atoms with Crippen LogP contribution in [0.25, 0.3) is 0 Å². The molecular weight excluding hydrogens is 330 g/mol. The van der Waals surface area contributed by atoms with Crippen molar-refractivity contribution in [1.29, 1.82) is 0 Å². The molecule has 0 aliphatic carbocycles. The van der Waals surface area contributed by atoms with E-state index in [4.69, 9.17) is 0 Å². The van der Waals surface area contributed by atoms with Crippen LogP contribution in [-0.2, 0) is 4.79 Å². The molecule has 0 bridgehead atoms. The van der Waals surface area contributed by atoms with E-state index in [9.17, 15) is 14.4 Å². The van der Waals surface area contributed by atoms with Crippen LogP contribution in [0, 0.1) is 5.92 Å². The van der Waals surface area contributed by atoms with Crippen molar-refractivity contribution < 1.29 is 14.4 Å². The molecule has 1 aromatic carbocycles. The first kappa shape index (κ1) is 20.1. The fourth-order valence-electron chi connectivity index (χ4n) is 2.62. The number of amides is 3. The highest BCUT2D eigenvalue weighted by Crippen LogP contribution is 2.22. The van der Waals surface area contributed by atoms with E-state index < -0.39 is 0 Å². The topological polar surface area (TPSA) is 78.5 Å². The monoisotopic (exact) mass is 353 g/mol. The lowest BCUT2D eigenvalue weighted by Gasteiger charge is -2.14. The van der Waals surface area contributed by atoms with Gasteiger partial charge in [0.1, 0.15) is 0 Å². The van der Waals surface area contributed by atoms with Crippen molar-refractivity contribution in [2.24, 2.45) is 5.92 Å². The number of rotatable bonds is 8. The summed E-state index contributed by atoms with van der Waals surface area (Å²) in [4.78, 5) is 37.4. The number of benzene rings is 1. The van der Waals surface area contributed by atoms with Gasteiger partial charge in [-0.3, -0.25) is 19.3 Å². The molecule has 132 valence electrons. The first-order chi connectivity index (χ1) is 11.1. The maximum Gasteiger partial charge on any atom is 0.261 e. The molecule has 0 spiro atoms. The summed E-state index contributed by atoms with van der Waals surface area (Å²) >= 11 is 0. The molecule has 0 radical (unpaired) electrons. The van der Waals surface area contributed by atoms with Crippen molar-refractivity contribution in [3.05, 3.63) is 35.4 Å². The van der Waals surface area contributed by atoms with Crippen LogP contribution in [-0.4, -0.2) is 49.3 Å². The number of hydrogen-bond acceptors (Lipinski definition) is 4. The smallest absolute Gasteiger partial charge is 0.261 e. The van der Waals surface area contributed by atoms with Gasteiger partial charge in [0.25, 0.3) is 11.8 Å². The minimum absolute atomic E-state index is 0. The lowest BCUT2D eigenvalue weighted by molar-refractivity contribution is -0.124. The molecule has 1 aliphatic rings. The Bertz CT molecular complexity index is 571. The zero-order valence-corrected chi connectivity index (χ0v) is 14.8. The van der Waals surface area contributed by atoms with Crippen molar-refractivity contribution in [3.8, 4) is 0 Å². The van der Waals surface area contributed by atoms with E-state index in [2.05, 4.69) is 10.6 Å². The van der Waals surface area contributed by atoms with E-state index in [1.165, 1.54) is 4.90 Å². The molecule has 1 aliphatic heterocycles. The van der Waals surface area contributed by atoms with Crippen LogP contribution >= 0.6 is 12.4 Å². The summed E-state index contributed by atoms with van der Waals surface area (Å²) in [6.45, 7) is 3.44. The Morgan fingerprint density at radius 3 is 2.25 bits per heavy atom. The van der Waals surface area contributed by atoms with Crippen LogP contribution in [0.3, 0.4) is 0 Å². The summed E-state index contributed by atoms with van der Waals surface area (Å²) in [5, 5.41) is 5.83. The van der Waals surface area contributed by atoms with Gasteiger partial charge < -0.3 is 10.6 Å². The molecule has 1 atom stereocenters. The zero-order valence-electron chi connectivity index (χ0n) is 14.0. The number of nitrogens with zero attached hydrogens (tertiary/aromatic N) is 1. The third kappa shape index (κ3) is 4.55. The Morgan fingerprint density at radius 1 is 1.12 bits per heavy atom. The normalized spacial score (nSPS) is 14.2. The molecule has 24 heavy (non-hydrogen) atoms. The fourth-order valence-corrected chi connectivity index (χ4v) is 2.62. The van der Waals surface area contributed by atoms with Gasteiger partial charge in [-0.05, 0) is 32.0 Å². The number of unbranched alkanes of at least 4 members (excludes halogenated alkanes) is 1. The summed E-state index contributed by atoms with van der Waals surface area (Å²) < 4.78 is 0. The number of fused-ring (bicyclic) bond motifs is 1. The highest BCUT2D eigenvalue weighted by atomic mass is 35.5. The summed E-state index contributed by atoms with van der Waals surface area (Å²) in [6, 6.07) is 6.88. The number of carbonyl (C=O) groups is 3. The number of imide groups is 1. The molecule has 3 amide bonds. The van der Waals surface area contributed by atoms with Gasteiger partial charge in [0.05, 0.1) is 11.1 Å². The number of nitrogens with one attached hydrogen (secondary N) is 2. The minimum atomic E-state index is -0.225. The van der Waals surface area contributed by atoms with Crippen LogP contribution in [0.2, 0.25) is 0 Å². The largest absolute Gasteiger partial charge is 0.356 e. The first-order valence-electron chi connectivity index (χ1n) is 7.93. The Labute approximate surface area is 148 Å². The molecule has 1 aromatic rings. The van der Waals surface area contributed by atoms with Crippen LogP contribution in [0.5, 0.6) is 0 Å². The van der Waals surface area contributed by atoms with E-state index in [0.29, 0.717) is 37.2 Å². The van der Waals surface area contributed by atoms with Crippen molar-refractivity contribution in [1.82, 2.24) is 15.5 Å². The molecule has 0 saturated carbocycles. The molecule has 6 nitrogen and oxygen atoms in total. The van der Waals surface area contributed by atoms with Crippen molar-refractivity contribution in [2.75, 3.05) is 26.7 Å². The average molecular weight is 354 g/mol. The molecule has 0 fully saturated rings.